The quantitative estimate of drug-likeness (QED) is 0.548. The van der Waals surface area contributed by atoms with Crippen molar-refractivity contribution < 1.29 is 14.4 Å². The molecule has 1 heterocycles. The van der Waals surface area contributed by atoms with E-state index in [2.05, 4.69) is 5.32 Å². The highest BCUT2D eigenvalue weighted by atomic mass is 32.2. The fraction of sp³-hybridized carbons (Fsp3) is 0.464. The number of para-hydroxylation sites is 1. The second kappa shape index (κ2) is 12.2. The molecule has 1 atom stereocenters. The average Bonchev–Trinajstić information content (AvgIpc) is 2.92. The van der Waals surface area contributed by atoms with E-state index in [1.807, 2.05) is 66.5 Å². The van der Waals surface area contributed by atoms with Crippen molar-refractivity contribution in [2.45, 2.75) is 55.9 Å². The summed E-state index contributed by atoms with van der Waals surface area (Å²) >= 11 is 1.43. The van der Waals surface area contributed by atoms with E-state index in [0.29, 0.717) is 30.4 Å². The molecular weight excluding hydrogens is 458 g/mol. The van der Waals surface area contributed by atoms with Gasteiger partial charge in [0.25, 0.3) is 5.91 Å². The molecule has 1 N–H and O–H groups in total. The van der Waals surface area contributed by atoms with E-state index in [9.17, 15) is 14.4 Å². The van der Waals surface area contributed by atoms with Crippen LogP contribution in [0, 0.1) is 5.92 Å². The molecule has 7 heteroatoms. The van der Waals surface area contributed by atoms with E-state index < -0.39 is 0 Å². The molecule has 1 aliphatic heterocycles. The van der Waals surface area contributed by atoms with Crippen LogP contribution in [-0.2, 0) is 9.59 Å². The number of nitrogens with zero attached hydrogens (tertiary/aromatic N) is 2. The summed E-state index contributed by atoms with van der Waals surface area (Å²) in [6, 6.07) is 17.3. The summed E-state index contributed by atoms with van der Waals surface area (Å²) in [5.41, 5.74) is 1.38. The summed E-state index contributed by atoms with van der Waals surface area (Å²) in [7, 11) is 1.91. The Labute approximate surface area is 212 Å². The Morgan fingerprint density at radius 2 is 1.66 bits per heavy atom. The van der Waals surface area contributed by atoms with Crippen molar-refractivity contribution in [2.24, 2.45) is 5.92 Å². The third kappa shape index (κ3) is 6.66. The second-order valence-corrected chi connectivity index (χ2v) is 10.5. The molecular formula is C28H35N3O3S. The maximum absolute atomic E-state index is 13.5. The molecule has 6 nitrogen and oxygen atoms in total. The first-order chi connectivity index (χ1) is 17.0. The van der Waals surface area contributed by atoms with Crippen LogP contribution in [0.25, 0.3) is 0 Å². The van der Waals surface area contributed by atoms with Crippen LogP contribution < -0.4 is 5.32 Å². The zero-order valence-electron chi connectivity index (χ0n) is 20.4. The first-order valence-corrected chi connectivity index (χ1v) is 13.6. The van der Waals surface area contributed by atoms with Gasteiger partial charge in [-0.05, 0) is 49.9 Å². The lowest BCUT2D eigenvalue weighted by Gasteiger charge is -2.32. The molecule has 4 rings (SSSR count). The minimum absolute atomic E-state index is 0.0484. The van der Waals surface area contributed by atoms with Crippen molar-refractivity contribution >= 4 is 35.2 Å². The molecule has 1 saturated carbocycles. The molecule has 2 fully saturated rings. The molecule has 186 valence electrons. The third-order valence-corrected chi connectivity index (χ3v) is 8.16. The van der Waals surface area contributed by atoms with Crippen molar-refractivity contribution in [3.63, 3.8) is 0 Å². The van der Waals surface area contributed by atoms with Crippen molar-refractivity contribution in [2.75, 3.05) is 31.2 Å². The number of piperidine rings is 1. The molecule has 0 bridgehead atoms. The lowest BCUT2D eigenvalue weighted by atomic mass is 9.94. The van der Waals surface area contributed by atoms with Crippen LogP contribution in [0.1, 0.15) is 55.3 Å². The number of hydrogen-bond acceptors (Lipinski definition) is 4. The van der Waals surface area contributed by atoms with Crippen LogP contribution in [0.15, 0.2) is 59.5 Å². The van der Waals surface area contributed by atoms with Crippen molar-refractivity contribution in [1.82, 2.24) is 9.80 Å². The molecule has 0 unspecified atom stereocenters. The van der Waals surface area contributed by atoms with Gasteiger partial charge in [0.15, 0.2) is 0 Å². The van der Waals surface area contributed by atoms with E-state index >= 15 is 0 Å². The Morgan fingerprint density at radius 3 is 2.43 bits per heavy atom. The number of rotatable bonds is 7. The predicted octanol–water partition coefficient (Wildman–Crippen LogP) is 5.06. The Hall–Kier alpha value is -2.80. The van der Waals surface area contributed by atoms with Gasteiger partial charge in [0.2, 0.25) is 11.8 Å². The molecule has 1 saturated heterocycles. The SMILES string of the molecule is CN(C(=O)CSc1ccccc1C(=O)N1CCC[C@H](C(=O)Nc2ccccc2)C1)C1CCCCC1. The van der Waals surface area contributed by atoms with Crippen molar-refractivity contribution in [3.05, 3.63) is 60.2 Å². The Balaban J connectivity index is 1.36. The topological polar surface area (TPSA) is 69.7 Å². The maximum Gasteiger partial charge on any atom is 0.255 e. The molecule has 35 heavy (non-hydrogen) atoms. The van der Waals surface area contributed by atoms with Gasteiger partial charge in [-0.25, -0.2) is 0 Å². The number of amides is 3. The summed E-state index contributed by atoms with van der Waals surface area (Å²) < 4.78 is 0. The first-order valence-electron chi connectivity index (χ1n) is 12.7. The number of nitrogens with one attached hydrogen (secondary N) is 1. The van der Waals surface area contributed by atoms with Gasteiger partial charge in [-0.3, -0.25) is 14.4 Å². The monoisotopic (exact) mass is 493 g/mol. The summed E-state index contributed by atoms with van der Waals surface area (Å²) in [6.07, 6.45) is 7.35. The standard InChI is InChI=1S/C28H35N3O3S/c1-30(23-14-6-3-7-15-23)26(32)20-35-25-17-9-8-16-24(25)28(34)31-18-10-11-21(19-31)27(33)29-22-12-4-2-5-13-22/h2,4-5,8-9,12-13,16-17,21,23H,3,6-7,10-11,14-15,18-20H2,1H3,(H,29,33)/t21-/m0/s1. The number of hydrogen-bond donors (Lipinski definition) is 1. The maximum atomic E-state index is 13.5. The molecule has 0 radical (unpaired) electrons. The predicted molar refractivity (Wildman–Crippen MR) is 141 cm³/mol. The van der Waals surface area contributed by atoms with Crippen molar-refractivity contribution in [1.29, 1.82) is 0 Å². The van der Waals surface area contributed by atoms with E-state index in [-0.39, 0.29) is 23.6 Å². The zero-order chi connectivity index (χ0) is 24.6. The van der Waals surface area contributed by atoms with Gasteiger partial charge < -0.3 is 15.1 Å². The smallest absolute Gasteiger partial charge is 0.255 e. The number of anilines is 1. The molecule has 0 spiro atoms. The van der Waals surface area contributed by atoms with Crippen LogP contribution in [0.3, 0.4) is 0 Å². The van der Waals surface area contributed by atoms with Crippen LogP contribution in [0.2, 0.25) is 0 Å². The van der Waals surface area contributed by atoms with E-state index in [1.165, 1.54) is 31.0 Å². The van der Waals surface area contributed by atoms with E-state index in [4.69, 9.17) is 0 Å². The van der Waals surface area contributed by atoms with Gasteiger partial charge >= 0.3 is 0 Å². The van der Waals surface area contributed by atoms with Crippen LogP contribution in [-0.4, -0.2) is 59.5 Å². The Kier molecular flexibility index (Phi) is 8.85. The molecule has 2 aromatic rings. The zero-order valence-corrected chi connectivity index (χ0v) is 21.3. The molecule has 2 aromatic carbocycles. The number of likely N-dealkylation sites (tertiary alicyclic amines) is 1. The van der Waals surface area contributed by atoms with Gasteiger partial charge in [0, 0.05) is 36.8 Å². The third-order valence-electron chi connectivity index (χ3n) is 7.11. The summed E-state index contributed by atoms with van der Waals surface area (Å²) in [5, 5.41) is 2.97. The molecule has 2 aliphatic rings. The van der Waals surface area contributed by atoms with Crippen molar-refractivity contribution in [3.8, 4) is 0 Å². The Bertz CT molecular complexity index is 1020. The van der Waals surface area contributed by atoms with Gasteiger partial charge in [-0.2, -0.15) is 0 Å². The number of benzene rings is 2. The van der Waals surface area contributed by atoms with Gasteiger partial charge in [0.1, 0.15) is 0 Å². The lowest BCUT2D eigenvalue weighted by molar-refractivity contribution is -0.129. The Morgan fingerprint density at radius 1 is 0.943 bits per heavy atom. The second-order valence-electron chi connectivity index (χ2n) is 9.53. The van der Waals surface area contributed by atoms with Crippen LogP contribution >= 0.6 is 11.8 Å². The van der Waals surface area contributed by atoms with Crippen LogP contribution in [0.4, 0.5) is 5.69 Å². The minimum Gasteiger partial charge on any atom is -0.342 e. The van der Waals surface area contributed by atoms with Gasteiger partial charge in [-0.15, -0.1) is 11.8 Å². The number of carbonyl (C=O) groups excluding carboxylic acids is 3. The highest BCUT2D eigenvalue weighted by Crippen LogP contribution is 2.28. The molecule has 1 aliphatic carbocycles. The molecule has 0 aromatic heterocycles. The van der Waals surface area contributed by atoms with E-state index in [1.54, 1.807) is 4.90 Å². The molecule has 3 amide bonds. The average molecular weight is 494 g/mol. The van der Waals surface area contributed by atoms with Gasteiger partial charge in [-0.1, -0.05) is 49.6 Å². The summed E-state index contributed by atoms with van der Waals surface area (Å²) in [5.74, 6) is 0.0728. The number of thioether (sulfide) groups is 1. The van der Waals surface area contributed by atoms with Gasteiger partial charge in [0.05, 0.1) is 17.2 Å². The highest BCUT2D eigenvalue weighted by molar-refractivity contribution is 8.00. The first kappa shape index (κ1) is 25.3. The summed E-state index contributed by atoms with van der Waals surface area (Å²) in [6.45, 7) is 1.04. The minimum atomic E-state index is -0.238. The van der Waals surface area contributed by atoms with E-state index in [0.717, 1.165) is 36.3 Å². The lowest BCUT2D eigenvalue weighted by Crippen LogP contribution is -2.44. The summed E-state index contributed by atoms with van der Waals surface area (Å²) in [4.78, 5) is 43.6. The largest absolute Gasteiger partial charge is 0.342 e. The fourth-order valence-corrected chi connectivity index (χ4v) is 5.96. The number of carbonyl (C=O) groups is 3. The van der Waals surface area contributed by atoms with Crippen LogP contribution in [0.5, 0.6) is 0 Å². The normalized spacial score (nSPS) is 18.7. The fourth-order valence-electron chi connectivity index (χ4n) is 4.99. The highest BCUT2D eigenvalue weighted by Gasteiger charge is 2.30.